The van der Waals surface area contributed by atoms with Gasteiger partial charge in [0.25, 0.3) is 0 Å². The molecule has 5 rings (SSSR count). The number of fused-ring (bicyclic) bond motifs is 1. The summed E-state index contributed by atoms with van der Waals surface area (Å²) >= 11 is 0. The minimum absolute atomic E-state index is 0.0237. The van der Waals surface area contributed by atoms with Crippen LogP contribution in [0.4, 0.5) is 22.1 Å². The van der Waals surface area contributed by atoms with Crippen LogP contribution in [0.1, 0.15) is 36.7 Å². The lowest BCUT2D eigenvalue weighted by Gasteiger charge is -2.38. The van der Waals surface area contributed by atoms with Crippen molar-refractivity contribution in [3.63, 3.8) is 0 Å². The van der Waals surface area contributed by atoms with Crippen LogP contribution < -0.4 is 20.4 Å². The highest BCUT2D eigenvalue weighted by Crippen LogP contribution is 2.37. The van der Waals surface area contributed by atoms with Crippen molar-refractivity contribution in [2.75, 3.05) is 54.5 Å². The van der Waals surface area contributed by atoms with Crippen molar-refractivity contribution in [3.8, 4) is 17.5 Å². The van der Waals surface area contributed by atoms with Gasteiger partial charge in [-0.25, -0.2) is 19.7 Å². The van der Waals surface area contributed by atoms with Gasteiger partial charge >= 0.3 is 6.03 Å². The summed E-state index contributed by atoms with van der Waals surface area (Å²) in [5, 5.41) is 14.7. The largest absolute Gasteiger partial charge is 0.378 e. The summed E-state index contributed by atoms with van der Waals surface area (Å²) in [7, 11) is 0. The predicted molar refractivity (Wildman–Crippen MR) is 142 cm³/mol. The lowest BCUT2D eigenvalue weighted by molar-refractivity contribution is 0.122. The molecule has 0 radical (unpaired) electrons. The Kier molecular flexibility index (Phi) is 7.14. The van der Waals surface area contributed by atoms with Crippen molar-refractivity contribution in [3.05, 3.63) is 59.4 Å². The second-order valence-electron chi connectivity index (χ2n) is 9.03. The Morgan fingerprint density at radius 3 is 2.59 bits per heavy atom. The van der Waals surface area contributed by atoms with Gasteiger partial charge in [0.1, 0.15) is 17.7 Å². The molecule has 0 saturated carbocycles. The molecule has 10 nitrogen and oxygen atoms in total. The average molecular weight is 499 g/mol. The first-order valence-corrected chi connectivity index (χ1v) is 12.6. The van der Waals surface area contributed by atoms with E-state index in [1.54, 1.807) is 12.3 Å². The summed E-state index contributed by atoms with van der Waals surface area (Å²) in [6.45, 7) is 8.27. The van der Waals surface area contributed by atoms with Gasteiger partial charge in [-0.3, -0.25) is 0 Å². The van der Waals surface area contributed by atoms with Crippen LogP contribution in [0.5, 0.6) is 0 Å². The fourth-order valence-corrected chi connectivity index (χ4v) is 4.79. The molecule has 1 atom stereocenters. The van der Waals surface area contributed by atoms with Gasteiger partial charge in [0.15, 0.2) is 5.82 Å². The number of urea groups is 1. The normalized spacial score (nSPS) is 17.1. The quantitative estimate of drug-likeness (QED) is 0.549. The number of carbonyl (C=O) groups excluding carboxylic acids is 1. The number of nitriles is 1. The third-order valence-corrected chi connectivity index (χ3v) is 6.70. The number of pyridine rings is 1. The van der Waals surface area contributed by atoms with Crippen molar-refractivity contribution in [2.24, 2.45) is 0 Å². The summed E-state index contributed by atoms with van der Waals surface area (Å²) in [4.78, 5) is 31.0. The summed E-state index contributed by atoms with van der Waals surface area (Å²) in [6.07, 6.45) is 2.40. The van der Waals surface area contributed by atoms with Crippen LogP contribution in [-0.4, -0.2) is 60.4 Å². The lowest BCUT2D eigenvalue weighted by atomic mass is 9.97. The van der Waals surface area contributed by atoms with Crippen LogP contribution in [0, 0.1) is 11.3 Å². The molecule has 1 aromatic carbocycles. The van der Waals surface area contributed by atoms with Gasteiger partial charge in [0.05, 0.1) is 30.5 Å². The van der Waals surface area contributed by atoms with E-state index in [0.29, 0.717) is 36.8 Å². The summed E-state index contributed by atoms with van der Waals surface area (Å²) in [5.41, 5.74) is 4.26. The maximum Gasteiger partial charge on any atom is 0.319 e. The molecule has 2 aromatic heterocycles. The van der Waals surface area contributed by atoms with E-state index < -0.39 is 0 Å². The van der Waals surface area contributed by atoms with Gasteiger partial charge in [0.2, 0.25) is 0 Å². The molecular weight excluding hydrogens is 468 g/mol. The number of nitrogens with zero attached hydrogens (tertiary/aromatic N) is 6. The third kappa shape index (κ3) is 5.17. The van der Waals surface area contributed by atoms with Crippen LogP contribution >= 0.6 is 0 Å². The van der Waals surface area contributed by atoms with E-state index in [2.05, 4.69) is 38.4 Å². The topological polar surface area (TPSA) is 119 Å². The molecule has 10 heteroatoms. The van der Waals surface area contributed by atoms with Crippen molar-refractivity contribution in [1.82, 2.24) is 20.3 Å². The number of benzene rings is 1. The molecule has 190 valence electrons. The molecule has 0 unspecified atom stereocenters. The molecule has 2 amide bonds. The number of anilines is 3. The first kappa shape index (κ1) is 24.5. The van der Waals surface area contributed by atoms with Crippen LogP contribution in [0.2, 0.25) is 0 Å². The van der Waals surface area contributed by atoms with Crippen molar-refractivity contribution in [1.29, 1.82) is 5.26 Å². The van der Waals surface area contributed by atoms with Crippen LogP contribution in [0.3, 0.4) is 0 Å². The summed E-state index contributed by atoms with van der Waals surface area (Å²) in [6, 6.07) is 13.1. The van der Waals surface area contributed by atoms with Crippen LogP contribution in [0.15, 0.2) is 42.6 Å². The van der Waals surface area contributed by atoms with Crippen LogP contribution in [0.25, 0.3) is 11.4 Å². The van der Waals surface area contributed by atoms with Crippen molar-refractivity contribution < 1.29 is 9.53 Å². The zero-order valence-corrected chi connectivity index (χ0v) is 21.1. The third-order valence-electron chi connectivity index (χ3n) is 6.70. The van der Waals surface area contributed by atoms with Crippen LogP contribution in [-0.2, 0) is 11.2 Å². The standard InChI is InChI=1S/C27H30N8O2/c1-3-29-27(36)31-21-7-5-20(6-8-21)25-32-24-18(2)35(23-9-4-19(16-28)17-30-23)11-10-22(24)26(33-25)34-12-14-37-15-13-34/h4-9,17-18H,3,10-15H2,1-2H3,(H2,29,31,36)/t18-/m1/s1. The first-order valence-electron chi connectivity index (χ1n) is 12.6. The van der Waals surface area contributed by atoms with E-state index in [9.17, 15) is 4.79 Å². The Labute approximate surface area is 216 Å². The smallest absolute Gasteiger partial charge is 0.319 e. The Hall–Kier alpha value is -4.23. The van der Waals surface area contributed by atoms with Gasteiger partial charge < -0.3 is 25.2 Å². The fourth-order valence-electron chi connectivity index (χ4n) is 4.79. The molecule has 0 aliphatic carbocycles. The summed E-state index contributed by atoms with van der Waals surface area (Å²) < 4.78 is 5.59. The first-order chi connectivity index (χ1) is 18.1. The number of aromatic nitrogens is 3. The minimum Gasteiger partial charge on any atom is -0.378 e. The molecule has 4 heterocycles. The van der Waals surface area contributed by atoms with E-state index in [0.717, 1.165) is 54.5 Å². The molecule has 2 aliphatic heterocycles. The van der Waals surface area contributed by atoms with Gasteiger partial charge in [-0.2, -0.15) is 5.26 Å². The van der Waals surface area contributed by atoms with E-state index >= 15 is 0 Å². The molecule has 1 fully saturated rings. The number of carbonyl (C=O) groups is 1. The fraction of sp³-hybridized carbons (Fsp3) is 0.370. The maximum atomic E-state index is 11.9. The number of hydrogen-bond donors (Lipinski definition) is 2. The Morgan fingerprint density at radius 1 is 1.14 bits per heavy atom. The monoisotopic (exact) mass is 498 g/mol. The summed E-state index contributed by atoms with van der Waals surface area (Å²) in [5.74, 6) is 2.43. The number of nitrogens with one attached hydrogen (secondary N) is 2. The highest BCUT2D eigenvalue weighted by atomic mass is 16.5. The van der Waals surface area contributed by atoms with Gasteiger partial charge in [-0.15, -0.1) is 0 Å². The van der Waals surface area contributed by atoms with E-state index in [1.165, 1.54) is 0 Å². The highest BCUT2D eigenvalue weighted by molar-refractivity contribution is 5.89. The number of amides is 2. The second-order valence-corrected chi connectivity index (χ2v) is 9.03. The SMILES string of the molecule is CCNC(=O)Nc1ccc(-c2nc3c(c(N4CCOCC4)n2)CCN(c2ccc(C#N)cn2)[C@@H]3C)cc1. The molecule has 2 N–H and O–H groups in total. The number of ether oxygens (including phenoxy) is 1. The zero-order chi connectivity index (χ0) is 25.8. The molecule has 0 spiro atoms. The molecule has 0 bridgehead atoms. The molecular formula is C27H30N8O2. The Morgan fingerprint density at radius 2 is 1.92 bits per heavy atom. The maximum absolute atomic E-state index is 11.9. The molecule has 2 aliphatic rings. The van der Waals surface area contributed by atoms with E-state index in [4.69, 9.17) is 20.0 Å². The Balaban J connectivity index is 1.51. The molecule has 1 saturated heterocycles. The molecule has 37 heavy (non-hydrogen) atoms. The van der Waals surface area contributed by atoms with Gasteiger partial charge in [-0.05, 0) is 56.7 Å². The molecule has 3 aromatic rings. The predicted octanol–water partition coefficient (Wildman–Crippen LogP) is 3.51. The Bertz CT molecular complexity index is 1300. The number of rotatable bonds is 5. The highest BCUT2D eigenvalue weighted by Gasteiger charge is 2.31. The number of hydrogen-bond acceptors (Lipinski definition) is 8. The van der Waals surface area contributed by atoms with E-state index in [1.807, 2.05) is 37.3 Å². The van der Waals surface area contributed by atoms with E-state index in [-0.39, 0.29) is 12.1 Å². The second kappa shape index (κ2) is 10.8. The minimum atomic E-state index is -0.236. The number of morpholine rings is 1. The zero-order valence-electron chi connectivity index (χ0n) is 21.1. The van der Waals surface area contributed by atoms with Gasteiger partial charge in [0, 0.05) is 49.2 Å². The van der Waals surface area contributed by atoms with Crippen molar-refractivity contribution in [2.45, 2.75) is 26.3 Å². The lowest BCUT2D eigenvalue weighted by Crippen LogP contribution is -2.40. The van der Waals surface area contributed by atoms with Gasteiger partial charge in [-0.1, -0.05) is 0 Å². The average Bonchev–Trinajstić information content (AvgIpc) is 2.94. The van der Waals surface area contributed by atoms with Crippen molar-refractivity contribution >= 4 is 23.4 Å².